The Bertz CT molecular complexity index is 1010. The number of fused-ring (bicyclic) bond motifs is 2. The molecule has 0 N–H and O–H groups in total. The van der Waals surface area contributed by atoms with Crippen LogP contribution < -0.4 is 10.6 Å². The molecule has 0 unspecified atom stereocenters. The van der Waals surface area contributed by atoms with Crippen LogP contribution in [0.1, 0.15) is 127 Å². The Hall–Kier alpha value is -2.69. The predicted octanol–water partition coefficient (Wildman–Crippen LogP) is 10.3. The van der Waals surface area contributed by atoms with Gasteiger partial charge in [0.05, 0.1) is 18.6 Å². The van der Waals surface area contributed by atoms with Gasteiger partial charge in [0.15, 0.2) is 0 Å². The molecule has 39 heavy (non-hydrogen) atoms. The van der Waals surface area contributed by atoms with Crippen molar-refractivity contribution < 1.29 is 4.39 Å². The summed E-state index contributed by atoms with van der Waals surface area (Å²) in [5, 5.41) is 1.99. The molecular weight excluding hydrogens is 485 g/mol. The van der Waals surface area contributed by atoms with Crippen LogP contribution in [0.3, 0.4) is 0 Å². The molecule has 1 aliphatic rings. The SMILES string of the molecule is CC.CC.CC.CC(C)C.CCC.CCC.CCc1nc2cccc(F)c2c(=O)n1N1Cc2ccccc2C1. The van der Waals surface area contributed by atoms with Crippen molar-refractivity contribution in [3.05, 3.63) is 75.6 Å². The minimum absolute atomic E-state index is 0.0562. The zero-order chi connectivity index (χ0) is 31.0. The van der Waals surface area contributed by atoms with Crippen molar-refractivity contribution in [3.8, 4) is 0 Å². The van der Waals surface area contributed by atoms with Gasteiger partial charge in [-0.3, -0.25) is 9.80 Å². The average molecular weight is 546 g/mol. The van der Waals surface area contributed by atoms with Crippen LogP contribution in [0.4, 0.5) is 4.39 Å². The van der Waals surface area contributed by atoms with E-state index in [2.05, 4.69) is 65.6 Å². The first-order chi connectivity index (χ1) is 18.7. The van der Waals surface area contributed by atoms with Gasteiger partial charge in [-0.2, -0.15) is 0 Å². The molecule has 3 aromatic rings. The first-order valence-corrected chi connectivity index (χ1v) is 15.3. The van der Waals surface area contributed by atoms with Crippen LogP contribution in [0, 0.1) is 11.7 Å². The zero-order valence-electron chi connectivity index (χ0n) is 27.8. The van der Waals surface area contributed by atoms with E-state index in [1.807, 2.05) is 65.6 Å². The number of nitrogens with zero attached hydrogens (tertiary/aromatic N) is 3. The van der Waals surface area contributed by atoms with Crippen molar-refractivity contribution in [2.24, 2.45) is 5.92 Å². The highest BCUT2D eigenvalue weighted by Gasteiger charge is 2.23. The number of rotatable bonds is 2. The zero-order valence-corrected chi connectivity index (χ0v) is 27.8. The second-order valence-corrected chi connectivity index (χ2v) is 8.87. The lowest BCUT2D eigenvalue weighted by Gasteiger charge is -2.23. The molecule has 4 rings (SSSR count). The smallest absolute Gasteiger partial charge is 0.283 e. The number of hydrogen-bond donors (Lipinski definition) is 0. The standard InChI is InChI=1S/C18H16FN3O.C4H10.2C3H8.3C2H6/c1-2-16-20-15-9-5-8-14(19)17(15)18(23)22(16)21-10-12-6-3-4-7-13(12)11-21;1-4(2)3;2*1-3-2;3*1-2/h3-9H,2,10-11H2,1H3;4H,1-3H3;2*3H2,1-2H3;3*1-2H3. The van der Waals surface area contributed by atoms with E-state index in [9.17, 15) is 9.18 Å². The number of benzene rings is 2. The molecule has 0 atom stereocenters. The largest absolute Gasteiger partial charge is 0.300 e. The topological polar surface area (TPSA) is 38.1 Å². The molecule has 0 radical (unpaired) electrons. The molecule has 5 heteroatoms. The number of hydrogen-bond acceptors (Lipinski definition) is 3. The molecule has 0 amide bonds. The van der Waals surface area contributed by atoms with Gasteiger partial charge in [0.2, 0.25) is 0 Å². The molecule has 2 heterocycles. The van der Waals surface area contributed by atoms with Crippen molar-refractivity contribution in [3.63, 3.8) is 0 Å². The third-order valence-corrected chi connectivity index (χ3v) is 4.32. The Morgan fingerprint density at radius 1 is 0.769 bits per heavy atom. The summed E-state index contributed by atoms with van der Waals surface area (Å²) in [6, 6.07) is 12.7. The lowest BCUT2D eigenvalue weighted by molar-refractivity contribution is 0.555. The lowest BCUT2D eigenvalue weighted by atomic mass is 10.1. The monoisotopic (exact) mass is 545 g/mol. The highest BCUT2D eigenvalue weighted by Crippen LogP contribution is 2.22. The Morgan fingerprint density at radius 2 is 1.18 bits per heavy atom. The fraction of sp³-hybridized carbons (Fsp3) is 0.588. The predicted molar refractivity (Wildman–Crippen MR) is 174 cm³/mol. The summed E-state index contributed by atoms with van der Waals surface area (Å²) in [5.41, 5.74) is 2.46. The summed E-state index contributed by atoms with van der Waals surface area (Å²) >= 11 is 0. The summed E-state index contributed by atoms with van der Waals surface area (Å²) in [6.45, 7) is 30.2. The van der Waals surface area contributed by atoms with E-state index >= 15 is 0 Å². The number of aryl methyl sites for hydroxylation is 1. The van der Waals surface area contributed by atoms with E-state index in [1.54, 1.807) is 16.8 Å². The third kappa shape index (κ3) is 14.3. The van der Waals surface area contributed by atoms with Gasteiger partial charge < -0.3 is 0 Å². The summed E-state index contributed by atoms with van der Waals surface area (Å²) in [4.78, 5) is 17.4. The highest BCUT2D eigenvalue weighted by molar-refractivity contribution is 5.78. The minimum atomic E-state index is -0.520. The van der Waals surface area contributed by atoms with Gasteiger partial charge in [-0.15, -0.1) is 0 Å². The van der Waals surface area contributed by atoms with E-state index in [4.69, 9.17) is 0 Å². The van der Waals surface area contributed by atoms with Crippen LogP contribution in [0.5, 0.6) is 0 Å². The number of halogens is 1. The van der Waals surface area contributed by atoms with Crippen LogP contribution in [0.2, 0.25) is 0 Å². The van der Waals surface area contributed by atoms with Gasteiger partial charge in [-0.1, -0.05) is 140 Å². The van der Waals surface area contributed by atoms with Gasteiger partial charge in [0.1, 0.15) is 17.0 Å². The molecule has 0 saturated heterocycles. The normalized spacial score (nSPS) is 10.3. The molecule has 0 fully saturated rings. The first kappa shape index (κ1) is 40.8. The van der Waals surface area contributed by atoms with Crippen molar-refractivity contribution in [2.75, 3.05) is 5.01 Å². The number of aromatic nitrogens is 2. The van der Waals surface area contributed by atoms with Crippen molar-refractivity contribution in [2.45, 2.75) is 129 Å². The van der Waals surface area contributed by atoms with Gasteiger partial charge in [0.25, 0.3) is 5.56 Å². The summed E-state index contributed by atoms with van der Waals surface area (Å²) < 4.78 is 15.7. The first-order valence-electron chi connectivity index (χ1n) is 15.3. The van der Waals surface area contributed by atoms with Crippen LogP contribution in [0.15, 0.2) is 47.3 Å². The molecule has 0 spiro atoms. The van der Waals surface area contributed by atoms with E-state index in [0.717, 1.165) is 5.92 Å². The quantitative estimate of drug-likeness (QED) is 0.321. The molecule has 0 aliphatic carbocycles. The highest BCUT2D eigenvalue weighted by atomic mass is 19.1. The van der Waals surface area contributed by atoms with E-state index in [1.165, 1.54) is 30.0 Å². The van der Waals surface area contributed by atoms with Gasteiger partial charge in [-0.25, -0.2) is 14.1 Å². The Morgan fingerprint density at radius 3 is 1.56 bits per heavy atom. The van der Waals surface area contributed by atoms with E-state index in [0.29, 0.717) is 30.9 Å². The Labute approximate surface area is 240 Å². The van der Waals surface area contributed by atoms with Crippen LogP contribution >= 0.6 is 0 Å². The maximum Gasteiger partial charge on any atom is 0.283 e. The Balaban J connectivity index is -0.000000685. The molecule has 4 nitrogen and oxygen atoms in total. The van der Waals surface area contributed by atoms with E-state index < -0.39 is 5.82 Å². The Kier molecular flexibility index (Phi) is 26.8. The second-order valence-electron chi connectivity index (χ2n) is 8.87. The molecule has 1 aromatic heterocycles. The molecule has 224 valence electrons. The maximum absolute atomic E-state index is 14.1. The van der Waals surface area contributed by atoms with Gasteiger partial charge >= 0.3 is 0 Å². The third-order valence-electron chi connectivity index (χ3n) is 4.32. The van der Waals surface area contributed by atoms with Crippen LogP contribution in [-0.4, -0.2) is 9.66 Å². The molecular formula is C34H60FN3O. The average Bonchev–Trinajstić information content (AvgIpc) is 3.36. The molecule has 0 saturated carbocycles. The maximum atomic E-state index is 14.1. The minimum Gasteiger partial charge on any atom is -0.300 e. The van der Waals surface area contributed by atoms with E-state index in [-0.39, 0.29) is 10.9 Å². The van der Waals surface area contributed by atoms with Gasteiger partial charge in [-0.05, 0) is 29.2 Å². The van der Waals surface area contributed by atoms with Crippen LogP contribution in [0.25, 0.3) is 10.9 Å². The molecule has 2 aromatic carbocycles. The van der Waals surface area contributed by atoms with Crippen molar-refractivity contribution >= 4 is 10.9 Å². The fourth-order valence-electron chi connectivity index (χ4n) is 3.20. The van der Waals surface area contributed by atoms with Gasteiger partial charge in [0, 0.05) is 6.42 Å². The summed E-state index contributed by atoms with van der Waals surface area (Å²) in [6.07, 6.45) is 3.11. The fourth-order valence-corrected chi connectivity index (χ4v) is 3.20. The molecule has 1 aliphatic heterocycles. The van der Waals surface area contributed by atoms with Crippen molar-refractivity contribution in [1.82, 2.24) is 9.66 Å². The molecule has 0 bridgehead atoms. The van der Waals surface area contributed by atoms with Crippen molar-refractivity contribution in [1.29, 1.82) is 0 Å². The lowest BCUT2D eigenvalue weighted by Crippen LogP contribution is -2.41. The second kappa shape index (κ2) is 25.6. The summed E-state index contributed by atoms with van der Waals surface area (Å²) in [7, 11) is 0. The summed E-state index contributed by atoms with van der Waals surface area (Å²) in [5.74, 6) is 0.967. The van der Waals surface area contributed by atoms with Crippen LogP contribution in [-0.2, 0) is 19.5 Å².